The molecule has 0 fully saturated rings. The number of methoxy groups -OCH3 is 1. The van der Waals surface area contributed by atoms with Gasteiger partial charge in [0.2, 0.25) is 0 Å². The molecule has 102 valence electrons. The summed E-state index contributed by atoms with van der Waals surface area (Å²) in [5.74, 6) is 0.916. The molecule has 2 N–H and O–H groups in total. The van der Waals surface area contributed by atoms with E-state index in [1.807, 2.05) is 12.1 Å². The maximum atomic E-state index is 8.74. The predicted molar refractivity (Wildman–Crippen MR) is 78.5 cm³/mol. The van der Waals surface area contributed by atoms with Crippen molar-refractivity contribution in [3.05, 3.63) is 42.0 Å². The molecule has 0 amide bonds. The van der Waals surface area contributed by atoms with Crippen LogP contribution in [0.3, 0.4) is 0 Å². The van der Waals surface area contributed by atoms with Gasteiger partial charge in [-0.2, -0.15) is 0 Å². The summed E-state index contributed by atoms with van der Waals surface area (Å²) in [6.07, 6.45) is 1.86. The second-order valence-corrected chi connectivity index (χ2v) is 4.58. The molecule has 0 aliphatic rings. The van der Waals surface area contributed by atoms with E-state index in [1.54, 1.807) is 7.11 Å². The molecule has 0 saturated heterocycles. The number of ether oxygens (including phenoxy) is 1. The van der Waals surface area contributed by atoms with E-state index in [0.717, 1.165) is 37.1 Å². The molecule has 2 aromatic rings. The van der Waals surface area contributed by atoms with Crippen molar-refractivity contribution < 1.29 is 9.84 Å². The van der Waals surface area contributed by atoms with Crippen molar-refractivity contribution in [2.75, 3.05) is 20.3 Å². The van der Waals surface area contributed by atoms with Crippen LogP contribution in [0.4, 0.5) is 0 Å². The molecule has 19 heavy (non-hydrogen) atoms. The van der Waals surface area contributed by atoms with Crippen molar-refractivity contribution in [2.45, 2.75) is 19.4 Å². The molecular formula is C16H21NO2. The van der Waals surface area contributed by atoms with E-state index >= 15 is 0 Å². The standard InChI is InChI=1S/C16H21NO2/c1-19-16-9-8-13(12-17-10-4-5-11-18)14-6-2-3-7-15(14)16/h2-3,6-9,17-18H,4-5,10-12H2,1H3. The summed E-state index contributed by atoms with van der Waals surface area (Å²) >= 11 is 0. The summed E-state index contributed by atoms with van der Waals surface area (Å²) in [5, 5.41) is 14.5. The largest absolute Gasteiger partial charge is 0.496 e. The lowest BCUT2D eigenvalue weighted by Crippen LogP contribution is -2.15. The van der Waals surface area contributed by atoms with Crippen molar-refractivity contribution in [3.63, 3.8) is 0 Å². The predicted octanol–water partition coefficient (Wildman–Crippen LogP) is 2.71. The van der Waals surface area contributed by atoms with Crippen LogP contribution in [0.5, 0.6) is 5.75 Å². The number of hydrogen-bond acceptors (Lipinski definition) is 3. The van der Waals surface area contributed by atoms with E-state index in [0.29, 0.717) is 0 Å². The van der Waals surface area contributed by atoms with Gasteiger partial charge in [0.15, 0.2) is 0 Å². The highest BCUT2D eigenvalue weighted by Crippen LogP contribution is 2.28. The first-order valence-electron chi connectivity index (χ1n) is 6.73. The highest BCUT2D eigenvalue weighted by Gasteiger charge is 2.05. The summed E-state index contributed by atoms with van der Waals surface area (Å²) in [6.45, 7) is 2.05. The quantitative estimate of drug-likeness (QED) is 0.751. The second kappa shape index (κ2) is 7.12. The Balaban J connectivity index is 2.11. The fraction of sp³-hybridized carbons (Fsp3) is 0.375. The Labute approximate surface area is 114 Å². The Morgan fingerprint density at radius 1 is 1.05 bits per heavy atom. The Bertz CT molecular complexity index is 525. The summed E-state index contributed by atoms with van der Waals surface area (Å²) in [5.41, 5.74) is 1.28. The maximum absolute atomic E-state index is 8.74. The Hall–Kier alpha value is -1.58. The molecule has 2 aromatic carbocycles. The van der Waals surface area contributed by atoms with Crippen LogP contribution in [0.25, 0.3) is 10.8 Å². The van der Waals surface area contributed by atoms with E-state index in [4.69, 9.17) is 9.84 Å². The van der Waals surface area contributed by atoms with Crippen molar-refractivity contribution >= 4 is 10.8 Å². The van der Waals surface area contributed by atoms with Gasteiger partial charge < -0.3 is 15.2 Å². The van der Waals surface area contributed by atoms with Crippen LogP contribution in [0.1, 0.15) is 18.4 Å². The number of unbranched alkanes of at least 4 members (excludes halogenated alkanes) is 1. The van der Waals surface area contributed by atoms with Crippen LogP contribution in [0, 0.1) is 0 Å². The molecule has 0 unspecified atom stereocenters. The normalized spacial score (nSPS) is 10.8. The highest BCUT2D eigenvalue weighted by molar-refractivity contribution is 5.91. The van der Waals surface area contributed by atoms with Gasteiger partial charge in [-0.15, -0.1) is 0 Å². The van der Waals surface area contributed by atoms with E-state index in [2.05, 4.69) is 29.6 Å². The van der Waals surface area contributed by atoms with Gasteiger partial charge in [0.05, 0.1) is 7.11 Å². The third-order valence-corrected chi connectivity index (χ3v) is 3.27. The minimum atomic E-state index is 0.271. The monoisotopic (exact) mass is 259 g/mol. The van der Waals surface area contributed by atoms with Crippen molar-refractivity contribution in [2.24, 2.45) is 0 Å². The number of nitrogens with one attached hydrogen (secondary N) is 1. The fourth-order valence-electron chi connectivity index (χ4n) is 2.25. The number of benzene rings is 2. The van der Waals surface area contributed by atoms with Gasteiger partial charge in [-0.1, -0.05) is 30.3 Å². The molecule has 0 atom stereocenters. The van der Waals surface area contributed by atoms with E-state index < -0.39 is 0 Å². The third-order valence-electron chi connectivity index (χ3n) is 3.27. The number of rotatable bonds is 7. The van der Waals surface area contributed by atoms with Crippen molar-refractivity contribution in [1.82, 2.24) is 5.32 Å². The van der Waals surface area contributed by atoms with Gasteiger partial charge in [-0.3, -0.25) is 0 Å². The Morgan fingerprint density at radius 3 is 2.58 bits per heavy atom. The lowest BCUT2D eigenvalue weighted by Gasteiger charge is -2.11. The molecule has 0 aliphatic heterocycles. The molecule has 3 nitrogen and oxygen atoms in total. The molecule has 0 radical (unpaired) electrons. The lowest BCUT2D eigenvalue weighted by molar-refractivity contribution is 0.283. The zero-order valence-corrected chi connectivity index (χ0v) is 11.4. The van der Waals surface area contributed by atoms with Gasteiger partial charge in [0.25, 0.3) is 0 Å². The SMILES string of the molecule is COc1ccc(CNCCCCO)c2ccccc12. The van der Waals surface area contributed by atoms with Gasteiger partial charge in [-0.25, -0.2) is 0 Å². The zero-order chi connectivity index (χ0) is 13.5. The molecule has 0 saturated carbocycles. The molecule has 0 bridgehead atoms. The Morgan fingerprint density at radius 2 is 1.84 bits per heavy atom. The molecule has 0 aromatic heterocycles. The second-order valence-electron chi connectivity index (χ2n) is 4.58. The smallest absolute Gasteiger partial charge is 0.126 e. The molecule has 0 spiro atoms. The van der Waals surface area contributed by atoms with Crippen LogP contribution in [-0.4, -0.2) is 25.4 Å². The average Bonchev–Trinajstić information content (AvgIpc) is 2.47. The number of aliphatic hydroxyl groups is 1. The molecule has 3 heteroatoms. The minimum Gasteiger partial charge on any atom is -0.496 e. The number of hydrogen-bond donors (Lipinski definition) is 2. The maximum Gasteiger partial charge on any atom is 0.126 e. The van der Waals surface area contributed by atoms with Crippen LogP contribution < -0.4 is 10.1 Å². The van der Waals surface area contributed by atoms with E-state index in [1.165, 1.54) is 10.9 Å². The molecular weight excluding hydrogens is 238 g/mol. The summed E-state index contributed by atoms with van der Waals surface area (Å²) in [6, 6.07) is 12.4. The average molecular weight is 259 g/mol. The third kappa shape index (κ3) is 3.46. The van der Waals surface area contributed by atoms with Gasteiger partial charge in [0, 0.05) is 18.5 Å². The van der Waals surface area contributed by atoms with Gasteiger partial charge in [0.1, 0.15) is 5.75 Å². The minimum absolute atomic E-state index is 0.271. The van der Waals surface area contributed by atoms with Gasteiger partial charge >= 0.3 is 0 Å². The van der Waals surface area contributed by atoms with Crippen LogP contribution in [0.15, 0.2) is 36.4 Å². The van der Waals surface area contributed by atoms with E-state index in [9.17, 15) is 0 Å². The van der Waals surface area contributed by atoms with Crippen LogP contribution in [-0.2, 0) is 6.54 Å². The summed E-state index contributed by atoms with van der Waals surface area (Å²) < 4.78 is 5.39. The Kier molecular flexibility index (Phi) is 5.19. The zero-order valence-electron chi connectivity index (χ0n) is 11.4. The molecule has 2 rings (SSSR count). The summed E-state index contributed by atoms with van der Waals surface area (Å²) in [4.78, 5) is 0. The number of aliphatic hydroxyl groups excluding tert-OH is 1. The van der Waals surface area contributed by atoms with Crippen LogP contribution in [0.2, 0.25) is 0 Å². The topological polar surface area (TPSA) is 41.5 Å². The lowest BCUT2D eigenvalue weighted by atomic mass is 10.0. The van der Waals surface area contributed by atoms with Gasteiger partial charge in [-0.05, 0) is 36.4 Å². The molecule has 0 heterocycles. The number of fused-ring (bicyclic) bond motifs is 1. The van der Waals surface area contributed by atoms with Crippen molar-refractivity contribution in [3.8, 4) is 5.75 Å². The fourth-order valence-corrected chi connectivity index (χ4v) is 2.25. The van der Waals surface area contributed by atoms with E-state index in [-0.39, 0.29) is 6.61 Å². The first-order chi connectivity index (χ1) is 9.36. The van der Waals surface area contributed by atoms with Crippen LogP contribution >= 0.6 is 0 Å². The molecule has 0 aliphatic carbocycles. The first kappa shape index (κ1) is 13.8. The highest BCUT2D eigenvalue weighted by atomic mass is 16.5. The first-order valence-corrected chi connectivity index (χ1v) is 6.73. The summed E-state index contributed by atoms with van der Waals surface area (Å²) in [7, 11) is 1.70. The van der Waals surface area contributed by atoms with Crippen molar-refractivity contribution in [1.29, 1.82) is 0 Å².